The average Bonchev–Trinajstić information content (AvgIpc) is 2.23. The molecule has 0 saturated carbocycles. The third-order valence-electron chi connectivity index (χ3n) is 2.20. The van der Waals surface area contributed by atoms with Crippen LogP contribution in [0.2, 0.25) is 0 Å². The lowest BCUT2D eigenvalue weighted by atomic mass is 10.1. The van der Waals surface area contributed by atoms with Crippen LogP contribution >= 0.6 is 0 Å². The number of aliphatic hydroxyl groups is 1. The Balaban J connectivity index is 4.13. The molecule has 0 aliphatic rings. The number of rotatable bonds is 8. The molecule has 0 atom stereocenters. The number of carbonyl (C=O) groups excluding carboxylic acids is 2. The molecular weight excluding hydrogens is 222 g/mol. The number of ether oxygens (including phenoxy) is 1. The monoisotopic (exact) mass is 245 g/mol. The molecule has 0 fully saturated rings. The number of hydrogen-bond donors (Lipinski definition) is 1. The maximum absolute atomic E-state index is 11.8. The number of nitrogens with zero attached hydrogens (tertiary/aromatic N) is 1. The Hall–Kier alpha value is -1.10. The summed E-state index contributed by atoms with van der Waals surface area (Å²) in [4.78, 5) is 24.5. The van der Waals surface area contributed by atoms with Crippen molar-refractivity contribution in [2.24, 2.45) is 5.92 Å². The lowest BCUT2D eigenvalue weighted by Crippen LogP contribution is -2.36. The van der Waals surface area contributed by atoms with Gasteiger partial charge >= 0.3 is 5.97 Å². The van der Waals surface area contributed by atoms with Crippen molar-refractivity contribution in [3.8, 4) is 0 Å². The van der Waals surface area contributed by atoms with E-state index in [0.717, 1.165) is 0 Å². The zero-order valence-electron chi connectivity index (χ0n) is 10.9. The fourth-order valence-corrected chi connectivity index (χ4v) is 1.42. The first-order valence-corrected chi connectivity index (χ1v) is 6.05. The van der Waals surface area contributed by atoms with E-state index in [2.05, 4.69) is 0 Å². The van der Waals surface area contributed by atoms with E-state index in [0.29, 0.717) is 19.6 Å². The quantitative estimate of drug-likeness (QED) is 0.642. The first-order valence-electron chi connectivity index (χ1n) is 6.05. The van der Waals surface area contributed by atoms with E-state index in [1.165, 1.54) is 4.90 Å². The molecule has 1 amide bonds. The van der Waals surface area contributed by atoms with Gasteiger partial charge in [-0.05, 0) is 12.8 Å². The van der Waals surface area contributed by atoms with E-state index in [1.54, 1.807) is 6.92 Å². The third-order valence-corrected chi connectivity index (χ3v) is 2.20. The van der Waals surface area contributed by atoms with Gasteiger partial charge in [0.05, 0.1) is 19.6 Å². The van der Waals surface area contributed by atoms with Gasteiger partial charge in [0.25, 0.3) is 0 Å². The van der Waals surface area contributed by atoms with Crippen LogP contribution in [-0.4, -0.2) is 48.2 Å². The largest absolute Gasteiger partial charge is 0.466 e. The Morgan fingerprint density at radius 1 is 1.29 bits per heavy atom. The topological polar surface area (TPSA) is 66.8 Å². The zero-order valence-corrected chi connectivity index (χ0v) is 10.9. The van der Waals surface area contributed by atoms with Gasteiger partial charge in [0, 0.05) is 19.5 Å². The zero-order chi connectivity index (χ0) is 13.3. The van der Waals surface area contributed by atoms with Crippen molar-refractivity contribution in [3.63, 3.8) is 0 Å². The summed E-state index contributed by atoms with van der Waals surface area (Å²) in [6.07, 6.45) is 0.612. The summed E-state index contributed by atoms with van der Waals surface area (Å²) in [7, 11) is 0. The molecule has 0 spiro atoms. The van der Waals surface area contributed by atoms with E-state index >= 15 is 0 Å². The molecule has 0 aromatic rings. The number of amides is 1. The fraction of sp³-hybridized carbons (Fsp3) is 0.833. The molecule has 0 saturated heterocycles. The molecule has 0 unspecified atom stereocenters. The van der Waals surface area contributed by atoms with Crippen LogP contribution < -0.4 is 0 Å². The molecule has 0 aliphatic carbocycles. The van der Waals surface area contributed by atoms with Gasteiger partial charge in [-0.15, -0.1) is 0 Å². The van der Waals surface area contributed by atoms with Crippen LogP contribution in [-0.2, 0) is 14.3 Å². The number of carbonyl (C=O) groups is 2. The summed E-state index contributed by atoms with van der Waals surface area (Å²) < 4.78 is 4.79. The maximum Gasteiger partial charge on any atom is 0.307 e. The Morgan fingerprint density at radius 3 is 2.41 bits per heavy atom. The minimum absolute atomic E-state index is 0.0293. The molecular formula is C12H23NO4. The number of hydrogen-bond acceptors (Lipinski definition) is 4. The normalized spacial score (nSPS) is 10.4. The van der Waals surface area contributed by atoms with Gasteiger partial charge in [-0.2, -0.15) is 0 Å². The Labute approximate surface area is 103 Å². The SMILES string of the molecule is CCOC(=O)CCN(CCO)C(=O)CC(C)C. The van der Waals surface area contributed by atoms with Gasteiger partial charge in [-0.25, -0.2) is 0 Å². The minimum atomic E-state index is -0.312. The predicted octanol–water partition coefficient (Wildman–Crippen LogP) is 0.807. The summed E-state index contributed by atoms with van der Waals surface area (Å²) in [5, 5.41) is 8.88. The molecule has 100 valence electrons. The lowest BCUT2D eigenvalue weighted by molar-refractivity contribution is -0.144. The van der Waals surface area contributed by atoms with E-state index in [9.17, 15) is 9.59 Å². The predicted molar refractivity (Wildman–Crippen MR) is 64.4 cm³/mol. The molecule has 5 nitrogen and oxygen atoms in total. The molecule has 0 heterocycles. The van der Waals surface area contributed by atoms with Crippen LogP contribution in [0.1, 0.15) is 33.6 Å². The summed E-state index contributed by atoms with van der Waals surface area (Å²) >= 11 is 0. The molecule has 0 aromatic carbocycles. The second kappa shape index (κ2) is 8.98. The van der Waals surface area contributed by atoms with E-state index in [4.69, 9.17) is 9.84 Å². The van der Waals surface area contributed by atoms with Crippen LogP contribution in [0.15, 0.2) is 0 Å². The van der Waals surface area contributed by atoms with Crippen molar-refractivity contribution in [3.05, 3.63) is 0 Å². The Morgan fingerprint density at radius 2 is 1.94 bits per heavy atom. The van der Waals surface area contributed by atoms with Gasteiger partial charge in [0.2, 0.25) is 5.91 Å². The van der Waals surface area contributed by atoms with Crippen molar-refractivity contribution in [1.29, 1.82) is 0 Å². The highest BCUT2D eigenvalue weighted by atomic mass is 16.5. The molecule has 1 N–H and O–H groups in total. The highest BCUT2D eigenvalue weighted by Gasteiger charge is 2.15. The maximum atomic E-state index is 11.8. The summed E-state index contributed by atoms with van der Waals surface area (Å²) in [5.74, 6) is -0.0718. The van der Waals surface area contributed by atoms with Crippen molar-refractivity contribution < 1.29 is 19.4 Å². The fourth-order valence-electron chi connectivity index (χ4n) is 1.42. The molecule has 5 heteroatoms. The van der Waals surface area contributed by atoms with Crippen molar-refractivity contribution in [1.82, 2.24) is 4.90 Å². The van der Waals surface area contributed by atoms with Crippen LogP contribution in [0.4, 0.5) is 0 Å². The van der Waals surface area contributed by atoms with Crippen molar-refractivity contribution in [2.45, 2.75) is 33.6 Å². The van der Waals surface area contributed by atoms with E-state index in [1.807, 2.05) is 13.8 Å². The highest BCUT2D eigenvalue weighted by Crippen LogP contribution is 2.05. The molecule has 0 aliphatic heterocycles. The molecule has 17 heavy (non-hydrogen) atoms. The van der Waals surface area contributed by atoms with Crippen molar-refractivity contribution in [2.75, 3.05) is 26.3 Å². The van der Waals surface area contributed by atoms with Crippen LogP contribution in [0.5, 0.6) is 0 Å². The number of aliphatic hydroxyl groups excluding tert-OH is 1. The van der Waals surface area contributed by atoms with Gasteiger partial charge in [-0.3, -0.25) is 9.59 Å². The summed E-state index contributed by atoms with van der Waals surface area (Å²) in [6.45, 7) is 6.50. The Bertz CT molecular complexity index is 241. The second-order valence-electron chi connectivity index (χ2n) is 4.26. The van der Waals surface area contributed by atoms with Crippen LogP contribution in [0, 0.1) is 5.92 Å². The van der Waals surface area contributed by atoms with E-state index < -0.39 is 0 Å². The standard InChI is InChI=1S/C12H23NO4/c1-4-17-12(16)5-6-13(7-8-14)11(15)9-10(2)3/h10,14H,4-9H2,1-3H3. The molecule has 0 aromatic heterocycles. The molecule has 0 bridgehead atoms. The first-order chi connectivity index (χ1) is 8.01. The minimum Gasteiger partial charge on any atom is -0.466 e. The first kappa shape index (κ1) is 15.9. The van der Waals surface area contributed by atoms with E-state index in [-0.39, 0.29) is 37.4 Å². The molecule has 0 radical (unpaired) electrons. The third kappa shape index (κ3) is 7.74. The summed E-state index contributed by atoms with van der Waals surface area (Å²) in [5.41, 5.74) is 0. The Kier molecular flexibility index (Phi) is 8.40. The van der Waals surface area contributed by atoms with Crippen LogP contribution in [0.25, 0.3) is 0 Å². The van der Waals surface area contributed by atoms with Gasteiger partial charge in [0.1, 0.15) is 0 Å². The van der Waals surface area contributed by atoms with Crippen LogP contribution in [0.3, 0.4) is 0 Å². The van der Waals surface area contributed by atoms with Gasteiger partial charge in [-0.1, -0.05) is 13.8 Å². The highest BCUT2D eigenvalue weighted by molar-refractivity contribution is 5.77. The smallest absolute Gasteiger partial charge is 0.307 e. The summed E-state index contributed by atoms with van der Waals surface area (Å²) in [6, 6.07) is 0. The average molecular weight is 245 g/mol. The molecule has 0 rings (SSSR count). The van der Waals surface area contributed by atoms with Gasteiger partial charge < -0.3 is 14.7 Å². The number of esters is 1. The van der Waals surface area contributed by atoms with Gasteiger partial charge in [0.15, 0.2) is 0 Å². The lowest BCUT2D eigenvalue weighted by Gasteiger charge is -2.22. The second-order valence-corrected chi connectivity index (χ2v) is 4.26. The van der Waals surface area contributed by atoms with Crippen molar-refractivity contribution >= 4 is 11.9 Å².